The van der Waals surface area contributed by atoms with Gasteiger partial charge in [-0.2, -0.15) is 0 Å². The Kier molecular flexibility index (Phi) is 12.5. The lowest BCUT2D eigenvalue weighted by molar-refractivity contribution is -0.138. The first-order valence-corrected chi connectivity index (χ1v) is 15.2. The van der Waals surface area contributed by atoms with E-state index >= 15 is 0 Å². The maximum atomic E-state index is 13.3. The average molecular weight is 533 g/mol. The molecule has 1 aromatic rings. The van der Waals surface area contributed by atoms with Crippen molar-refractivity contribution < 1.29 is 9.59 Å². The van der Waals surface area contributed by atoms with E-state index in [1.54, 1.807) is 16.7 Å². The molecule has 1 aromatic carbocycles. The van der Waals surface area contributed by atoms with Crippen molar-refractivity contribution in [2.75, 3.05) is 24.7 Å². The Morgan fingerprint density at radius 3 is 2.58 bits per heavy atom. The number of amides is 2. The van der Waals surface area contributed by atoms with Gasteiger partial charge < -0.3 is 20.9 Å². The Morgan fingerprint density at radius 1 is 1.11 bits per heavy atom. The fraction of sp³-hybridized carbons (Fsp3) is 0.679. The van der Waals surface area contributed by atoms with Crippen LogP contribution in [-0.4, -0.2) is 58.5 Å². The van der Waals surface area contributed by atoms with Gasteiger partial charge in [0, 0.05) is 31.8 Å². The van der Waals surface area contributed by atoms with Crippen LogP contribution in [0.25, 0.3) is 0 Å². The van der Waals surface area contributed by atoms with Crippen LogP contribution in [0.5, 0.6) is 0 Å². The summed E-state index contributed by atoms with van der Waals surface area (Å²) >= 11 is 7.43. The second kappa shape index (κ2) is 15.6. The van der Waals surface area contributed by atoms with Gasteiger partial charge in [0.05, 0.1) is 16.9 Å². The van der Waals surface area contributed by atoms with Crippen LogP contribution >= 0.6 is 24.0 Å². The third-order valence-electron chi connectivity index (χ3n) is 7.08. The summed E-state index contributed by atoms with van der Waals surface area (Å²) in [5.74, 6) is 2.24. The first-order valence-electron chi connectivity index (χ1n) is 13.6. The van der Waals surface area contributed by atoms with E-state index in [4.69, 9.17) is 12.2 Å². The van der Waals surface area contributed by atoms with Crippen molar-refractivity contribution in [3.05, 3.63) is 35.9 Å². The summed E-state index contributed by atoms with van der Waals surface area (Å²) < 4.78 is 0. The standard InChI is InChI=1S/C28H44N4O2S2/c1-21(2)17-26(33)32-20-36-19-25(32)27(34)31-24(14-13-22-9-5-3-6-10-22)28(35)30-16-15-29-18-23-11-7-4-8-12-23/h4,7-8,11-12,21-22,24-25,29H,3,5-6,9-10,13-20H2,1-2H3,(H,30,35)(H,31,34)/t24-,25+/m1/s1. The average Bonchev–Trinajstić information content (AvgIpc) is 3.37. The Bertz CT molecular complexity index is 830. The monoisotopic (exact) mass is 532 g/mol. The number of carbonyl (C=O) groups is 2. The second-order valence-electron chi connectivity index (χ2n) is 10.6. The van der Waals surface area contributed by atoms with Gasteiger partial charge in [0.1, 0.15) is 6.04 Å². The van der Waals surface area contributed by atoms with Crippen LogP contribution in [-0.2, 0) is 16.1 Å². The second-order valence-corrected chi connectivity index (χ2v) is 12.0. The zero-order valence-electron chi connectivity index (χ0n) is 22.0. The van der Waals surface area contributed by atoms with Crippen LogP contribution in [0.4, 0.5) is 0 Å². The number of thiocarbonyl (C=S) groups is 1. The summed E-state index contributed by atoms with van der Waals surface area (Å²) in [6, 6.07) is 9.73. The normalized spacial score (nSPS) is 19.3. The molecule has 200 valence electrons. The van der Waals surface area contributed by atoms with Gasteiger partial charge in [-0.05, 0) is 30.2 Å². The molecule has 1 saturated heterocycles. The summed E-state index contributed by atoms with van der Waals surface area (Å²) in [6.45, 7) is 6.39. The van der Waals surface area contributed by atoms with Crippen LogP contribution in [0.1, 0.15) is 70.8 Å². The van der Waals surface area contributed by atoms with Gasteiger partial charge >= 0.3 is 0 Å². The highest BCUT2D eigenvalue weighted by Gasteiger charge is 2.36. The Labute approximate surface area is 227 Å². The number of nitrogens with one attached hydrogen (secondary N) is 3. The van der Waals surface area contributed by atoms with Crippen molar-refractivity contribution in [3.8, 4) is 0 Å². The van der Waals surface area contributed by atoms with Gasteiger partial charge in [-0.15, -0.1) is 11.8 Å². The van der Waals surface area contributed by atoms with E-state index in [0.717, 1.165) is 31.8 Å². The molecule has 3 N–H and O–H groups in total. The molecular formula is C28H44N4O2S2. The maximum absolute atomic E-state index is 13.3. The number of hydrogen-bond acceptors (Lipinski definition) is 5. The van der Waals surface area contributed by atoms with Gasteiger partial charge in [-0.1, -0.05) is 88.5 Å². The molecule has 2 atom stereocenters. The molecule has 3 rings (SSSR count). The minimum atomic E-state index is -0.409. The van der Waals surface area contributed by atoms with Crippen LogP contribution in [0.15, 0.2) is 30.3 Å². The molecule has 1 aliphatic carbocycles. The highest BCUT2D eigenvalue weighted by atomic mass is 32.2. The molecule has 36 heavy (non-hydrogen) atoms. The third kappa shape index (κ3) is 9.67. The molecule has 0 radical (unpaired) electrons. The number of nitrogens with zero attached hydrogens (tertiary/aromatic N) is 1. The fourth-order valence-corrected chi connectivity index (χ4v) is 6.47. The molecule has 8 heteroatoms. The predicted molar refractivity (Wildman–Crippen MR) is 154 cm³/mol. The molecule has 0 unspecified atom stereocenters. The van der Waals surface area contributed by atoms with Gasteiger partial charge in [-0.3, -0.25) is 9.59 Å². The summed E-state index contributed by atoms with van der Waals surface area (Å²) in [4.78, 5) is 28.5. The zero-order valence-corrected chi connectivity index (χ0v) is 23.6. The van der Waals surface area contributed by atoms with Gasteiger partial charge in [0.15, 0.2) is 0 Å². The van der Waals surface area contributed by atoms with Gasteiger partial charge in [0.25, 0.3) is 0 Å². The van der Waals surface area contributed by atoms with Crippen LogP contribution in [0, 0.1) is 11.8 Å². The largest absolute Gasteiger partial charge is 0.377 e. The molecule has 1 aliphatic heterocycles. The Morgan fingerprint density at radius 2 is 1.86 bits per heavy atom. The highest BCUT2D eigenvalue weighted by Crippen LogP contribution is 2.28. The zero-order chi connectivity index (χ0) is 25.8. The van der Waals surface area contributed by atoms with E-state index in [1.807, 2.05) is 32.0 Å². The first-order chi connectivity index (χ1) is 17.4. The van der Waals surface area contributed by atoms with E-state index in [0.29, 0.717) is 29.6 Å². The summed E-state index contributed by atoms with van der Waals surface area (Å²) in [5, 5.41) is 10.1. The van der Waals surface area contributed by atoms with Crippen LogP contribution in [0.3, 0.4) is 0 Å². The van der Waals surface area contributed by atoms with Crippen molar-refractivity contribution in [2.45, 2.75) is 83.8 Å². The van der Waals surface area contributed by atoms with Crippen molar-refractivity contribution in [2.24, 2.45) is 11.8 Å². The lowest BCUT2D eigenvalue weighted by Crippen LogP contribution is -2.54. The lowest BCUT2D eigenvalue weighted by atomic mass is 9.85. The maximum Gasteiger partial charge on any atom is 0.244 e. The Hall–Kier alpha value is -1.64. The van der Waals surface area contributed by atoms with E-state index in [1.165, 1.54) is 37.7 Å². The fourth-order valence-electron chi connectivity index (χ4n) is 5.01. The van der Waals surface area contributed by atoms with Crippen LogP contribution < -0.4 is 16.0 Å². The first kappa shape index (κ1) is 28.9. The van der Waals surface area contributed by atoms with Gasteiger partial charge in [0.2, 0.25) is 11.8 Å². The smallest absolute Gasteiger partial charge is 0.244 e. The minimum absolute atomic E-state index is 0.0686. The number of carbonyl (C=O) groups excluding carboxylic acids is 2. The third-order valence-corrected chi connectivity index (χ3v) is 8.52. The van der Waals surface area contributed by atoms with E-state index < -0.39 is 6.04 Å². The highest BCUT2D eigenvalue weighted by molar-refractivity contribution is 7.99. The molecule has 0 aromatic heterocycles. The molecule has 6 nitrogen and oxygen atoms in total. The molecule has 2 amide bonds. The molecule has 0 spiro atoms. The summed E-state index contributed by atoms with van der Waals surface area (Å²) in [7, 11) is 0. The summed E-state index contributed by atoms with van der Waals surface area (Å²) in [6.07, 6.45) is 8.92. The predicted octanol–water partition coefficient (Wildman–Crippen LogP) is 4.49. The van der Waals surface area contributed by atoms with Crippen molar-refractivity contribution >= 4 is 40.8 Å². The molecule has 2 fully saturated rings. The summed E-state index contributed by atoms with van der Waals surface area (Å²) in [5.41, 5.74) is 1.25. The topological polar surface area (TPSA) is 73.5 Å². The number of benzene rings is 1. The number of rotatable bonds is 13. The molecule has 1 saturated carbocycles. The SMILES string of the molecule is CC(C)CC(=O)N1CSC[C@H]1C(=O)N[C@H](CCC1CCCCC1)C(=S)NCCNCc1ccccc1. The van der Waals surface area contributed by atoms with Crippen molar-refractivity contribution in [1.82, 2.24) is 20.9 Å². The molecular weight excluding hydrogens is 488 g/mol. The van der Waals surface area contributed by atoms with E-state index in [9.17, 15) is 9.59 Å². The molecule has 2 aliphatic rings. The van der Waals surface area contributed by atoms with Gasteiger partial charge in [-0.25, -0.2) is 0 Å². The van der Waals surface area contributed by atoms with Crippen LogP contribution in [0.2, 0.25) is 0 Å². The molecule has 1 heterocycles. The molecule has 0 bridgehead atoms. The quantitative estimate of drug-likeness (QED) is 0.257. The lowest BCUT2D eigenvalue weighted by Gasteiger charge is -2.29. The van der Waals surface area contributed by atoms with Crippen molar-refractivity contribution in [3.63, 3.8) is 0 Å². The van der Waals surface area contributed by atoms with E-state index in [-0.39, 0.29) is 23.8 Å². The minimum Gasteiger partial charge on any atom is -0.377 e. The Balaban J connectivity index is 1.52. The van der Waals surface area contributed by atoms with E-state index in [2.05, 4.69) is 28.1 Å². The number of hydrogen-bond donors (Lipinski definition) is 3. The number of thioether (sulfide) groups is 1. The van der Waals surface area contributed by atoms with Crippen molar-refractivity contribution in [1.29, 1.82) is 0 Å².